The summed E-state index contributed by atoms with van der Waals surface area (Å²) in [5.74, 6) is 0. The van der Waals surface area contributed by atoms with Crippen LogP contribution in [0.4, 0.5) is 0 Å². The molecule has 6 heteroatoms. The Kier molecular flexibility index (Phi) is 3.33. The van der Waals surface area contributed by atoms with Crippen LogP contribution in [-0.2, 0) is 24.9 Å². The maximum atomic E-state index is 5.68. The molecule has 0 saturated carbocycles. The number of hydrogen-bond donors (Lipinski definition) is 1. The van der Waals surface area contributed by atoms with E-state index in [4.69, 9.17) is 10.5 Å². The molecule has 0 amide bonds. The molecule has 2 N–H and O–H groups in total. The van der Waals surface area contributed by atoms with Gasteiger partial charge in [0.05, 0.1) is 30.5 Å². The summed E-state index contributed by atoms with van der Waals surface area (Å²) in [5.41, 5.74) is 7.60. The van der Waals surface area contributed by atoms with Crippen molar-refractivity contribution in [2.45, 2.75) is 13.2 Å². The molecule has 2 aromatic rings. The highest BCUT2D eigenvalue weighted by Gasteiger charge is 2.13. The fourth-order valence-electron chi connectivity index (χ4n) is 1.47. The summed E-state index contributed by atoms with van der Waals surface area (Å²) in [6.07, 6.45) is 3.56. The highest BCUT2D eigenvalue weighted by atomic mass is 32.1. The molecule has 2 heterocycles. The van der Waals surface area contributed by atoms with E-state index in [0.29, 0.717) is 13.2 Å². The third-order valence-corrected chi connectivity index (χ3v) is 3.42. The van der Waals surface area contributed by atoms with Crippen molar-refractivity contribution in [2.24, 2.45) is 12.8 Å². The molecule has 0 spiro atoms. The zero-order chi connectivity index (χ0) is 11.5. The first-order chi connectivity index (χ1) is 7.76. The van der Waals surface area contributed by atoms with Gasteiger partial charge in [0.15, 0.2) is 0 Å². The Balaban J connectivity index is 2.39. The van der Waals surface area contributed by atoms with Crippen LogP contribution in [0.3, 0.4) is 0 Å². The summed E-state index contributed by atoms with van der Waals surface area (Å²) in [4.78, 5) is 9.67. The summed E-state index contributed by atoms with van der Waals surface area (Å²) in [5, 5.41) is 0.938. The Morgan fingerprint density at radius 2 is 2.38 bits per heavy atom. The van der Waals surface area contributed by atoms with Crippen molar-refractivity contribution < 1.29 is 4.74 Å². The van der Waals surface area contributed by atoms with E-state index in [1.54, 1.807) is 31.0 Å². The molecular formula is C10H14N4OS. The minimum atomic E-state index is 0.494. The van der Waals surface area contributed by atoms with Gasteiger partial charge < -0.3 is 15.0 Å². The van der Waals surface area contributed by atoms with E-state index in [1.165, 1.54) is 0 Å². The topological polar surface area (TPSA) is 66.0 Å². The number of rotatable bonds is 4. The van der Waals surface area contributed by atoms with E-state index in [9.17, 15) is 0 Å². The fourth-order valence-corrected chi connectivity index (χ4v) is 2.46. The molecule has 0 aromatic carbocycles. The van der Waals surface area contributed by atoms with Gasteiger partial charge in [-0.3, -0.25) is 0 Å². The van der Waals surface area contributed by atoms with Crippen LogP contribution in [0.25, 0.3) is 10.7 Å². The SMILES string of the molecule is COCc1nc(-c2cncn2C)sc1CN. The van der Waals surface area contributed by atoms with Crippen LogP contribution >= 0.6 is 11.3 Å². The van der Waals surface area contributed by atoms with Crippen LogP contribution in [0.5, 0.6) is 0 Å². The zero-order valence-electron chi connectivity index (χ0n) is 9.30. The van der Waals surface area contributed by atoms with Gasteiger partial charge in [0, 0.05) is 25.6 Å². The number of nitrogens with two attached hydrogens (primary N) is 1. The molecule has 0 radical (unpaired) electrons. The lowest BCUT2D eigenvalue weighted by Gasteiger charge is -1.96. The van der Waals surface area contributed by atoms with E-state index in [2.05, 4.69) is 9.97 Å². The molecule has 0 aliphatic heterocycles. The summed E-state index contributed by atoms with van der Waals surface area (Å²) in [6.45, 7) is 0.995. The van der Waals surface area contributed by atoms with Crippen molar-refractivity contribution in [3.8, 4) is 10.7 Å². The predicted molar refractivity (Wildman–Crippen MR) is 62.9 cm³/mol. The summed E-state index contributed by atoms with van der Waals surface area (Å²) in [7, 11) is 3.60. The Morgan fingerprint density at radius 1 is 1.56 bits per heavy atom. The number of ether oxygens (including phenoxy) is 1. The molecule has 0 fully saturated rings. The minimum Gasteiger partial charge on any atom is -0.378 e. The van der Waals surface area contributed by atoms with Crippen LogP contribution in [0.15, 0.2) is 12.5 Å². The largest absolute Gasteiger partial charge is 0.378 e. The first-order valence-corrected chi connectivity index (χ1v) is 5.72. The Labute approximate surface area is 97.9 Å². The third-order valence-electron chi connectivity index (χ3n) is 2.28. The fraction of sp³-hybridized carbons (Fsp3) is 0.400. The van der Waals surface area contributed by atoms with Gasteiger partial charge in [0.2, 0.25) is 0 Å². The lowest BCUT2D eigenvalue weighted by Crippen LogP contribution is -1.99. The van der Waals surface area contributed by atoms with Gasteiger partial charge in [-0.2, -0.15) is 0 Å². The maximum absolute atomic E-state index is 5.68. The average Bonchev–Trinajstić information content (AvgIpc) is 2.85. The molecule has 5 nitrogen and oxygen atoms in total. The van der Waals surface area contributed by atoms with Gasteiger partial charge in [-0.15, -0.1) is 11.3 Å². The van der Waals surface area contributed by atoms with Gasteiger partial charge >= 0.3 is 0 Å². The van der Waals surface area contributed by atoms with Crippen LogP contribution in [0.1, 0.15) is 10.6 Å². The van der Waals surface area contributed by atoms with Crippen LogP contribution in [-0.4, -0.2) is 21.6 Å². The quantitative estimate of drug-likeness (QED) is 0.867. The highest BCUT2D eigenvalue weighted by Crippen LogP contribution is 2.27. The van der Waals surface area contributed by atoms with E-state index in [0.717, 1.165) is 21.3 Å². The Morgan fingerprint density at radius 3 is 2.94 bits per heavy atom. The number of aromatic nitrogens is 3. The monoisotopic (exact) mass is 238 g/mol. The van der Waals surface area contributed by atoms with Crippen molar-refractivity contribution in [3.63, 3.8) is 0 Å². The molecule has 16 heavy (non-hydrogen) atoms. The van der Waals surface area contributed by atoms with Crippen LogP contribution in [0.2, 0.25) is 0 Å². The number of imidazole rings is 1. The summed E-state index contributed by atoms with van der Waals surface area (Å²) in [6, 6.07) is 0. The maximum Gasteiger partial charge on any atom is 0.142 e. The van der Waals surface area contributed by atoms with Crippen molar-refractivity contribution in [2.75, 3.05) is 7.11 Å². The second kappa shape index (κ2) is 4.73. The second-order valence-electron chi connectivity index (χ2n) is 3.42. The van der Waals surface area contributed by atoms with Crippen molar-refractivity contribution >= 4 is 11.3 Å². The van der Waals surface area contributed by atoms with Gasteiger partial charge in [0.25, 0.3) is 0 Å². The van der Waals surface area contributed by atoms with Crippen molar-refractivity contribution in [3.05, 3.63) is 23.1 Å². The lowest BCUT2D eigenvalue weighted by atomic mass is 10.4. The molecule has 86 valence electrons. The molecule has 0 saturated heterocycles. The minimum absolute atomic E-state index is 0.494. The van der Waals surface area contributed by atoms with Gasteiger partial charge in [-0.05, 0) is 0 Å². The highest BCUT2D eigenvalue weighted by molar-refractivity contribution is 7.15. The number of thiazole rings is 1. The smallest absolute Gasteiger partial charge is 0.142 e. The number of hydrogen-bond acceptors (Lipinski definition) is 5. The molecular weight excluding hydrogens is 224 g/mol. The van der Waals surface area contributed by atoms with Crippen LogP contribution in [0, 0.1) is 0 Å². The normalized spacial score (nSPS) is 10.9. The molecule has 2 aromatic heterocycles. The molecule has 0 atom stereocenters. The number of aryl methyl sites for hydroxylation is 1. The van der Waals surface area contributed by atoms with Gasteiger partial charge in [-0.25, -0.2) is 9.97 Å². The van der Waals surface area contributed by atoms with Crippen LogP contribution < -0.4 is 5.73 Å². The third kappa shape index (κ3) is 1.99. The number of nitrogens with zero attached hydrogens (tertiary/aromatic N) is 3. The zero-order valence-corrected chi connectivity index (χ0v) is 10.1. The first-order valence-electron chi connectivity index (χ1n) is 4.90. The average molecular weight is 238 g/mol. The summed E-state index contributed by atoms with van der Waals surface area (Å²) >= 11 is 1.59. The lowest BCUT2D eigenvalue weighted by molar-refractivity contribution is 0.181. The Hall–Kier alpha value is -1.24. The second-order valence-corrected chi connectivity index (χ2v) is 4.50. The molecule has 2 rings (SSSR count). The molecule has 0 aliphatic carbocycles. The Bertz CT molecular complexity index is 477. The van der Waals surface area contributed by atoms with E-state index >= 15 is 0 Å². The van der Waals surface area contributed by atoms with E-state index < -0.39 is 0 Å². The molecule has 0 unspecified atom stereocenters. The van der Waals surface area contributed by atoms with E-state index in [1.807, 2.05) is 11.6 Å². The molecule has 0 aliphatic rings. The van der Waals surface area contributed by atoms with Crippen molar-refractivity contribution in [1.82, 2.24) is 14.5 Å². The van der Waals surface area contributed by atoms with Crippen molar-refractivity contribution in [1.29, 1.82) is 0 Å². The molecule has 0 bridgehead atoms. The standard InChI is InChI=1S/C10H14N4OS/c1-14-6-12-4-8(14)10-13-7(5-15-2)9(3-11)16-10/h4,6H,3,5,11H2,1-2H3. The van der Waals surface area contributed by atoms with Gasteiger partial charge in [0.1, 0.15) is 5.01 Å². The number of methoxy groups -OCH3 is 1. The predicted octanol–water partition coefficient (Wildman–Crippen LogP) is 1.15. The van der Waals surface area contributed by atoms with E-state index in [-0.39, 0.29) is 0 Å². The first kappa shape index (κ1) is 11.3. The van der Waals surface area contributed by atoms with Gasteiger partial charge in [-0.1, -0.05) is 0 Å². The summed E-state index contributed by atoms with van der Waals surface area (Å²) < 4.78 is 7.04.